The molecule has 1 heterocycles. The number of benzene rings is 2. The lowest BCUT2D eigenvalue weighted by molar-refractivity contribution is -0.120. The van der Waals surface area contributed by atoms with Crippen LogP contribution < -0.4 is 5.32 Å². The third kappa shape index (κ3) is 3.68. The number of amides is 2. The van der Waals surface area contributed by atoms with Crippen molar-refractivity contribution in [3.63, 3.8) is 0 Å². The molecule has 25 heavy (non-hydrogen) atoms. The second-order valence-electron chi connectivity index (χ2n) is 6.05. The molecule has 1 saturated heterocycles. The zero-order valence-corrected chi connectivity index (χ0v) is 13.8. The van der Waals surface area contributed by atoms with Gasteiger partial charge in [0.05, 0.1) is 0 Å². The van der Waals surface area contributed by atoms with Crippen LogP contribution >= 0.6 is 0 Å². The molecular weight excluding hydrogens is 326 g/mol. The Morgan fingerprint density at radius 1 is 1.08 bits per heavy atom. The molecule has 0 saturated carbocycles. The van der Waals surface area contributed by atoms with Crippen LogP contribution in [0.3, 0.4) is 0 Å². The monoisotopic (exact) mass is 344 g/mol. The quantitative estimate of drug-likeness (QED) is 0.911. The Morgan fingerprint density at radius 3 is 2.56 bits per heavy atom. The molecule has 1 aliphatic heterocycles. The molecule has 130 valence electrons. The molecule has 1 fully saturated rings. The van der Waals surface area contributed by atoms with E-state index in [-0.39, 0.29) is 29.6 Å². The van der Waals surface area contributed by atoms with Crippen molar-refractivity contribution in [3.05, 3.63) is 59.2 Å². The Hall–Kier alpha value is -2.76. The molecule has 0 radical (unpaired) electrons. The van der Waals surface area contributed by atoms with Gasteiger partial charge in [0.15, 0.2) is 0 Å². The van der Waals surface area contributed by atoms with Crippen LogP contribution in [0.15, 0.2) is 36.4 Å². The Balaban J connectivity index is 1.86. The van der Waals surface area contributed by atoms with Crippen LogP contribution in [-0.2, 0) is 4.79 Å². The maximum atomic E-state index is 14.6. The minimum atomic E-state index is -0.537. The fraction of sp³-hybridized carbons (Fsp3) is 0.263. The molecule has 6 heteroatoms. The van der Waals surface area contributed by atoms with Gasteiger partial charge in [0.2, 0.25) is 5.91 Å². The van der Waals surface area contributed by atoms with E-state index in [0.717, 1.165) is 0 Å². The molecule has 4 nitrogen and oxygen atoms in total. The lowest BCUT2D eigenvalue weighted by Crippen LogP contribution is -2.34. The smallest absolute Gasteiger partial charge is 0.254 e. The topological polar surface area (TPSA) is 49.4 Å². The van der Waals surface area contributed by atoms with E-state index in [2.05, 4.69) is 5.32 Å². The summed E-state index contributed by atoms with van der Waals surface area (Å²) in [6, 6.07) is 8.43. The summed E-state index contributed by atoms with van der Waals surface area (Å²) in [5.41, 5.74) is 1.76. The van der Waals surface area contributed by atoms with Crippen molar-refractivity contribution in [1.29, 1.82) is 0 Å². The number of carbonyl (C=O) groups is 2. The average Bonchev–Trinajstić information content (AvgIpc) is 2.79. The van der Waals surface area contributed by atoms with Gasteiger partial charge in [-0.05, 0) is 42.3 Å². The van der Waals surface area contributed by atoms with Crippen LogP contribution in [0, 0.1) is 18.6 Å². The maximum Gasteiger partial charge on any atom is 0.254 e. The average molecular weight is 344 g/mol. The van der Waals surface area contributed by atoms with E-state index in [1.807, 2.05) is 0 Å². The molecule has 0 bridgehead atoms. The minimum Gasteiger partial charge on any atom is -0.354 e. The standard InChI is InChI=1S/C19H18F2N2O2/c1-12-10-14(20)3-5-15(12)16-4-2-13(11-17(16)21)19(25)23-8-6-18(24)22-7-9-23/h2-5,10-11H,6-9H2,1H3,(H,22,24). The molecule has 0 spiro atoms. The fourth-order valence-electron chi connectivity index (χ4n) is 2.95. The number of hydrogen-bond acceptors (Lipinski definition) is 2. The number of rotatable bonds is 2. The number of halogens is 2. The zero-order chi connectivity index (χ0) is 18.0. The number of aryl methyl sites for hydroxylation is 1. The van der Waals surface area contributed by atoms with Gasteiger partial charge in [-0.15, -0.1) is 0 Å². The van der Waals surface area contributed by atoms with Crippen molar-refractivity contribution >= 4 is 11.8 Å². The number of nitrogens with zero attached hydrogens (tertiary/aromatic N) is 1. The summed E-state index contributed by atoms with van der Waals surface area (Å²) < 4.78 is 27.8. The highest BCUT2D eigenvalue weighted by atomic mass is 19.1. The van der Waals surface area contributed by atoms with Crippen LogP contribution in [0.1, 0.15) is 22.3 Å². The number of nitrogens with one attached hydrogen (secondary N) is 1. The molecule has 0 aromatic heterocycles. The number of carbonyl (C=O) groups excluding carboxylic acids is 2. The van der Waals surface area contributed by atoms with Crippen molar-refractivity contribution in [2.24, 2.45) is 0 Å². The molecule has 0 atom stereocenters. The Kier molecular flexibility index (Phi) is 4.79. The van der Waals surface area contributed by atoms with Crippen molar-refractivity contribution in [2.45, 2.75) is 13.3 Å². The molecular formula is C19H18F2N2O2. The van der Waals surface area contributed by atoms with E-state index in [1.165, 1.54) is 35.2 Å². The van der Waals surface area contributed by atoms with Crippen LogP contribution in [0.5, 0.6) is 0 Å². The lowest BCUT2D eigenvalue weighted by atomic mass is 9.98. The summed E-state index contributed by atoms with van der Waals surface area (Å²) in [7, 11) is 0. The predicted molar refractivity (Wildman–Crippen MR) is 90.1 cm³/mol. The van der Waals surface area contributed by atoms with Gasteiger partial charge < -0.3 is 10.2 Å². The Morgan fingerprint density at radius 2 is 1.84 bits per heavy atom. The summed E-state index contributed by atoms with van der Waals surface area (Å²) in [5.74, 6) is -1.32. The first-order valence-electron chi connectivity index (χ1n) is 8.08. The van der Waals surface area contributed by atoms with Crippen LogP contribution in [0.4, 0.5) is 8.78 Å². The highest BCUT2D eigenvalue weighted by molar-refractivity contribution is 5.95. The summed E-state index contributed by atoms with van der Waals surface area (Å²) in [6.07, 6.45) is 0.237. The summed E-state index contributed by atoms with van der Waals surface area (Å²) in [5, 5.41) is 2.70. The molecule has 0 aliphatic carbocycles. The van der Waals surface area contributed by atoms with Crippen LogP contribution in [-0.4, -0.2) is 36.3 Å². The van der Waals surface area contributed by atoms with E-state index >= 15 is 0 Å². The van der Waals surface area contributed by atoms with Crippen LogP contribution in [0.25, 0.3) is 11.1 Å². The predicted octanol–water partition coefficient (Wildman–Crippen LogP) is 2.90. The van der Waals surface area contributed by atoms with Crippen molar-refractivity contribution in [2.75, 3.05) is 19.6 Å². The molecule has 1 aliphatic rings. The van der Waals surface area contributed by atoms with Crippen LogP contribution in [0.2, 0.25) is 0 Å². The molecule has 2 aromatic rings. The van der Waals surface area contributed by atoms with Crippen molar-refractivity contribution in [1.82, 2.24) is 10.2 Å². The molecule has 2 amide bonds. The van der Waals surface area contributed by atoms with Gasteiger partial charge in [-0.2, -0.15) is 0 Å². The number of hydrogen-bond donors (Lipinski definition) is 1. The normalized spacial score (nSPS) is 14.8. The molecule has 1 N–H and O–H groups in total. The summed E-state index contributed by atoms with van der Waals surface area (Å²) in [4.78, 5) is 25.4. The highest BCUT2D eigenvalue weighted by Gasteiger charge is 2.21. The first-order valence-corrected chi connectivity index (χ1v) is 8.08. The largest absolute Gasteiger partial charge is 0.354 e. The maximum absolute atomic E-state index is 14.6. The van der Waals surface area contributed by atoms with Gasteiger partial charge in [-0.3, -0.25) is 9.59 Å². The first-order chi connectivity index (χ1) is 12.0. The van der Waals surface area contributed by atoms with Gasteiger partial charge in [0.25, 0.3) is 5.91 Å². The van der Waals surface area contributed by atoms with Gasteiger partial charge in [-0.1, -0.05) is 12.1 Å². The minimum absolute atomic E-state index is 0.0939. The summed E-state index contributed by atoms with van der Waals surface area (Å²) >= 11 is 0. The highest BCUT2D eigenvalue weighted by Crippen LogP contribution is 2.27. The first kappa shape index (κ1) is 17.1. The molecule has 0 unspecified atom stereocenters. The third-order valence-electron chi connectivity index (χ3n) is 4.29. The summed E-state index contributed by atoms with van der Waals surface area (Å²) in [6.45, 7) is 2.80. The van der Waals surface area contributed by atoms with E-state index < -0.39 is 5.82 Å². The van der Waals surface area contributed by atoms with E-state index in [9.17, 15) is 18.4 Å². The van der Waals surface area contributed by atoms with Gasteiger partial charge in [0, 0.05) is 37.2 Å². The van der Waals surface area contributed by atoms with E-state index in [1.54, 1.807) is 13.0 Å². The fourth-order valence-corrected chi connectivity index (χ4v) is 2.95. The lowest BCUT2D eigenvalue weighted by Gasteiger charge is -2.20. The SMILES string of the molecule is Cc1cc(F)ccc1-c1ccc(C(=O)N2CCNC(=O)CC2)cc1F. The van der Waals surface area contributed by atoms with Gasteiger partial charge in [0.1, 0.15) is 11.6 Å². The third-order valence-corrected chi connectivity index (χ3v) is 4.29. The zero-order valence-electron chi connectivity index (χ0n) is 13.8. The molecule has 2 aromatic carbocycles. The van der Waals surface area contributed by atoms with Crippen molar-refractivity contribution < 1.29 is 18.4 Å². The van der Waals surface area contributed by atoms with E-state index in [4.69, 9.17) is 0 Å². The van der Waals surface area contributed by atoms with E-state index in [0.29, 0.717) is 36.3 Å². The Labute approximate surface area is 144 Å². The molecule has 3 rings (SSSR count). The second kappa shape index (κ2) is 7.01. The van der Waals surface area contributed by atoms with Crippen molar-refractivity contribution in [3.8, 4) is 11.1 Å². The second-order valence-corrected chi connectivity index (χ2v) is 6.05. The Bertz CT molecular complexity index is 836. The van der Waals surface area contributed by atoms with Gasteiger partial charge in [-0.25, -0.2) is 8.78 Å². The van der Waals surface area contributed by atoms with Gasteiger partial charge >= 0.3 is 0 Å².